The second-order valence-corrected chi connectivity index (χ2v) is 11.6. The van der Waals surface area contributed by atoms with E-state index in [1.165, 1.54) is 36.1 Å². The molecule has 40 heavy (non-hydrogen) atoms. The number of hydrogen-bond acceptors (Lipinski definition) is 5. The van der Waals surface area contributed by atoms with E-state index in [-0.39, 0.29) is 46.5 Å². The van der Waals surface area contributed by atoms with E-state index in [1.54, 1.807) is 6.92 Å². The number of pyridine rings is 1. The minimum absolute atomic E-state index is 0.0335. The van der Waals surface area contributed by atoms with Crippen LogP contribution in [0.4, 0.5) is 37.7 Å². The summed E-state index contributed by atoms with van der Waals surface area (Å²) in [6.07, 6.45) is -4.91. The number of nitrogens with one attached hydrogen (secondary N) is 2. The van der Waals surface area contributed by atoms with Gasteiger partial charge in [-0.15, -0.1) is 0 Å². The Morgan fingerprint density at radius 2 is 1.75 bits per heavy atom. The van der Waals surface area contributed by atoms with Gasteiger partial charge in [0.05, 0.1) is 23.5 Å². The zero-order chi connectivity index (χ0) is 29.6. The predicted molar refractivity (Wildman–Crippen MR) is 139 cm³/mol. The van der Waals surface area contributed by atoms with Crippen molar-refractivity contribution in [1.82, 2.24) is 10.3 Å². The standard InChI is InChI=1S/C26H26F6N4O3S/c1-14-10-17(19(27)12-21(14)35-40(3,38)39)15(2)33-24(37)16-4-5-20-18(11-16)22(13-23(34-20)26(30,31)32)36-8-6-25(28,29)7-9-36/h4-5,10-13,15,35H,6-9H2,1-3H3,(H,33,37)/t15-/m1/s1. The Labute approximate surface area is 226 Å². The summed E-state index contributed by atoms with van der Waals surface area (Å²) >= 11 is 0. The van der Waals surface area contributed by atoms with Gasteiger partial charge in [-0.05, 0) is 55.8 Å². The molecule has 4 rings (SSSR count). The quantitative estimate of drug-likeness (QED) is 0.356. The van der Waals surface area contributed by atoms with Gasteiger partial charge in [-0.3, -0.25) is 9.52 Å². The molecular formula is C26H26F6N4O3S. The molecule has 1 amide bonds. The fourth-order valence-electron chi connectivity index (χ4n) is 4.53. The van der Waals surface area contributed by atoms with E-state index in [4.69, 9.17) is 0 Å². The fraction of sp³-hybridized carbons (Fsp3) is 0.385. The summed E-state index contributed by atoms with van der Waals surface area (Å²) in [5.41, 5.74) is -0.636. The minimum Gasteiger partial charge on any atom is -0.370 e. The number of aromatic nitrogens is 1. The van der Waals surface area contributed by atoms with Crippen molar-refractivity contribution in [2.24, 2.45) is 0 Å². The van der Waals surface area contributed by atoms with Gasteiger partial charge in [-0.1, -0.05) is 0 Å². The molecule has 0 saturated carbocycles. The van der Waals surface area contributed by atoms with Crippen LogP contribution in [0.5, 0.6) is 0 Å². The molecule has 14 heteroatoms. The van der Waals surface area contributed by atoms with Crippen LogP contribution >= 0.6 is 0 Å². The van der Waals surface area contributed by atoms with Gasteiger partial charge in [0, 0.05) is 48.1 Å². The van der Waals surface area contributed by atoms with Crippen LogP contribution in [0.2, 0.25) is 0 Å². The first-order chi connectivity index (χ1) is 18.4. The average Bonchev–Trinajstić information content (AvgIpc) is 2.83. The Bertz CT molecular complexity index is 1570. The van der Waals surface area contributed by atoms with E-state index in [1.807, 2.05) is 0 Å². The number of fused-ring (bicyclic) bond motifs is 1. The molecule has 0 unspecified atom stereocenters. The molecule has 1 fully saturated rings. The van der Waals surface area contributed by atoms with Crippen LogP contribution in [0.1, 0.15) is 53.0 Å². The largest absolute Gasteiger partial charge is 0.433 e. The summed E-state index contributed by atoms with van der Waals surface area (Å²) in [6.45, 7) is 2.71. The molecule has 0 spiro atoms. The van der Waals surface area contributed by atoms with Crippen molar-refractivity contribution in [2.75, 3.05) is 29.0 Å². The van der Waals surface area contributed by atoms with Crippen LogP contribution in [-0.2, 0) is 16.2 Å². The lowest BCUT2D eigenvalue weighted by atomic mass is 10.0. The molecule has 1 saturated heterocycles. The number of amides is 1. The van der Waals surface area contributed by atoms with Crippen LogP contribution in [0.3, 0.4) is 0 Å². The highest BCUT2D eigenvalue weighted by molar-refractivity contribution is 7.92. The molecule has 1 aromatic heterocycles. The van der Waals surface area contributed by atoms with Gasteiger partial charge in [-0.2, -0.15) is 13.2 Å². The highest BCUT2D eigenvalue weighted by atomic mass is 32.2. The lowest BCUT2D eigenvalue weighted by molar-refractivity contribution is -0.140. The zero-order valence-electron chi connectivity index (χ0n) is 21.7. The normalized spacial score (nSPS) is 16.6. The summed E-state index contributed by atoms with van der Waals surface area (Å²) < 4.78 is 108. The van der Waals surface area contributed by atoms with Gasteiger partial charge in [-0.25, -0.2) is 26.6 Å². The molecule has 0 bridgehead atoms. The number of aryl methyl sites for hydroxylation is 1. The second kappa shape index (κ2) is 10.5. The lowest BCUT2D eigenvalue weighted by Gasteiger charge is -2.34. The Balaban J connectivity index is 1.65. The number of sulfonamides is 1. The van der Waals surface area contributed by atoms with Gasteiger partial charge < -0.3 is 10.2 Å². The van der Waals surface area contributed by atoms with Crippen molar-refractivity contribution in [3.05, 3.63) is 64.6 Å². The first kappa shape index (κ1) is 29.4. The topological polar surface area (TPSA) is 91.4 Å². The summed E-state index contributed by atoms with van der Waals surface area (Å²) in [5.74, 6) is -4.35. The summed E-state index contributed by atoms with van der Waals surface area (Å²) in [4.78, 5) is 18.2. The van der Waals surface area contributed by atoms with Crippen molar-refractivity contribution in [3.63, 3.8) is 0 Å². The van der Waals surface area contributed by atoms with Crippen LogP contribution in [0.15, 0.2) is 36.4 Å². The van der Waals surface area contributed by atoms with Gasteiger partial charge in [0.2, 0.25) is 10.0 Å². The molecule has 216 valence electrons. The van der Waals surface area contributed by atoms with Crippen LogP contribution in [-0.4, -0.2) is 44.6 Å². The van der Waals surface area contributed by atoms with E-state index >= 15 is 0 Å². The third kappa shape index (κ3) is 6.60. The smallest absolute Gasteiger partial charge is 0.370 e. The van der Waals surface area contributed by atoms with Crippen molar-refractivity contribution in [1.29, 1.82) is 0 Å². The molecule has 2 N–H and O–H groups in total. The average molecular weight is 589 g/mol. The molecule has 0 radical (unpaired) electrons. The van der Waals surface area contributed by atoms with Crippen LogP contribution in [0, 0.1) is 12.7 Å². The first-order valence-corrected chi connectivity index (χ1v) is 14.1. The third-order valence-electron chi connectivity index (χ3n) is 6.63. The molecule has 1 aliphatic rings. The van der Waals surface area contributed by atoms with E-state index in [0.29, 0.717) is 5.56 Å². The zero-order valence-corrected chi connectivity index (χ0v) is 22.5. The summed E-state index contributed by atoms with van der Waals surface area (Å²) in [6, 6.07) is 6.15. The fourth-order valence-corrected chi connectivity index (χ4v) is 5.15. The Morgan fingerprint density at radius 3 is 2.35 bits per heavy atom. The third-order valence-corrected chi connectivity index (χ3v) is 7.22. The van der Waals surface area contributed by atoms with Crippen LogP contribution < -0.4 is 14.9 Å². The van der Waals surface area contributed by atoms with E-state index in [2.05, 4.69) is 15.0 Å². The molecular weight excluding hydrogens is 562 g/mol. The highest BCUT2D eigenvalue weighted by Crippen LogP contribution is 2.38. The number of nitrogens with zero attached hydrogens (tertiary/aromatic N) is 2. The van der Waals surface area contributed by atoms with Gasteiger partial charge in [0.15, 0.2) is 0 Å². The van der Waals surface area contributed by atoms with Crippen LogP contribution in [0.25, 0.3) is 10.9 Å². The highest BCUT2D eigenvalue weighted by Gasteiger charge is 2.37. The van der Waals surface area contributed by atoms with E-state index in [0.717, 1.165) is 18.4 Å². The Morgan fingerprint density at radius 1 is 1.10 bits per heavy atom. The van der Waals surface area contributed by atoms with Crippen molar-refractivity contribution in [3.8, 4) is 0 Å². The predicted octanol–water partition coefficient (Wildman–Crippen LogP) is 5.80. The van der Waals surface area contributed by atoms with E-state index < -0.39 is 58.4 Å². The number of rotatable bonds is 6. The molecule has 3 aromatic rings. The molecule has 0 aliphatic carbocycles. The molecule has 1 aliphatic heterocycles. The second-order valence-electron chi connectivity index (χ2n) is 9.86. The Hall–Kier alpha value is -3.55. The van der Waals surface area contributed by atoms with Crippen molar-refractivity contribution < 1.29 is 39.6 Å². The number of benzene rings is 2. The molecule has 7 nitrogen and oxygen atoms in total. The molecule has 1 atom stereocenters. The SMILES string of the molecule is Cc1cc([C@@H](C)NC(=O)c2ccc3nc(C(F)(F)F)cc(N4CCC(F)(F)CC4)c3c2)c(F)cc1NS(C)(=O)=O. The number of anilines is 2. The lowest BCUT2D eigenvalue weighted by Crippen LogP contribution is -2.39. The summed E-state index contributed by atoms with van der Waals surface area (Å²) in [7, 11) is -3.65. The summed E-state index contributed by atoms with van der Waals surface area (Å²) in [5, 5.41) is 2.81. The number of piperidine rings is 1. The van der Waals surface area contributed by atoms with Gasteiger partial charge in [0.25, 0.3) is 11.8 Å². The molecule has 2 aromatic carbocycles. The number of carbonyl (C=O) groups excluding carboxylic acids is 1. The maximum atomic E-state index is 14.8. The maximum Gasteiger partial charge on any atom is 0.433 e. The van der Waals surface area contributed by atoms with Crippen molar-refractivity contribution in [2.45, 2.75) is 44.8 Å². The number of hydrogen-bond donors (Lipinski definition) is 2. The minimum atomic E-state index is -4.78. The Kier molecular flexibility index (Phi) is 7.69. The number of carbonyl (C=O) groups is 1. The van der Waals surface area contributed by atoms with Crippen molar-refractivity contribution >= 4 is 38.2 Å². The number of halogens is 6. The molecule has 2 heterocycles. The first-order valence-electron chi connectivity index (χ1n) is 12.2. The van der Waals surface area contributed by atoms with E-state index in [9.17, 15) is 39.6 Å². The maximum absolute atomic E-state index is 14.8. The van der Waals surface area contributed by atoms with Gasteiger partial charge in [0.1, 0.15) is 11.5 Å². The number of alkyl halides is 5. The van der Waals surface area contributed by atoms with Gasteiger partial charge >= 0.3 is 6.18 Å². The monoisotopic (exact) mass is 588 g/mol.